The Hall–Kier alpha value is -0.970. The number of rotatable bonds is 1. The zero-order valence-electron chi connectivity index (χ0n) is 8.44. The van der Waals surface area contributed by atoms with Crippen LogP contribution in [-0.4, -0.2) is 23.2 Å². The van der Waals surface area contributed by atoms with Gasteiger partial charge in [0.05, 0.1) is 23.4 Å². The minimum Gasteiger partial charge on any atom is -0.377 e. The van der Waals surface area contributed by atoms with Gasteiger partial charge >= 0.3 is 0 Å². The van der Waals surface area contributed by atoms with Gasteiger partial charge in [-0.25, -0.2) is 9.97 Å². The highest BCUT2D eigenvalue weighted by molar-refractivity contribution is 7.19. The molecule has 2 aromatic heterocycles. The number of aromatic nitrogens is 2. The van der Waals surface area contributed by atoms with Crippen molar-refractivity contribution in [2.24, 2.45) is 0 Å². The first kappa shape index (κ1) is 10.2. The molecule has 0 saturated heterocycles. The molecule has 0 N–H and O–H groups in total. The van der Waals surface area contributed by atoms with Gasteiger partial charge in [-0.3, -0.25) is 0 Å². The van der Waals surface area contributed by atoms with Crippen LogP contribution in [0.4, 0.5) is 0 Å². The summed E-state index contributed by atoms with van der Waals surface area (Å²) >= 11 is 7.49. The average molecular weight is 253 g/mol. The molecule has 0 bridgehead atoms. The molecule has 0 unspecified atom stereocenters. The summed E-state index contributed by atoms with van der Waals surface area (Å²) in [6.07, 6.45) is 4.80. The van der Waals surface area contributed by atoms with Crippen molar-refractivity contribution in [1.82, 2.24) is 9.97 Å². The molecule has 16 heavy (non-hydrogen) atoms. The molecule has 2 aromatic rings. The Kier molecular flexibility index (Phi) is 2.63. The first-order chi connectivity index (χ1) is 7.83. The lowest BCUT2D eigenvalue weighted by atomic mass is 10.2. The molecule has 0 saturated carbocycles. The van der Waals surface area contributed by atoms with E-state index in [1.807, 2.05) is 0 Å². The zero-order chi connectivity index (χ0) is 11.0. The highest BCUT2D eigenvalue weighted by Gasteiger charge is 2.11. The zero-order valence-corrected chi connectivity index (χ0v) is 10.0. The minimum atomic E-state index is 0.491. The van der Waals surface area contributed by atoms with Crippen molar-refractivity contribution in [2.75, 3.05) is 13.2 Å². The Bertz CT molecular complexity index is 564. The highest BCUT2D eigenvalue weighted by Crippen LogP contribution is 2.30. The summed E-state index contributed by atoms with van der Waals surface area (Å²) in [5.74, 6) is 0. The van der Waals surface area contributed by atoms with Crippen LogP contribution in [0.25, 0.3) is 15.8 Å². The maximum atomic E-state index is 5.83. The number of ether oxygens (including phenoxy) is 1. The second-order valence-corrected chi connectivity index (χ2v) is 4.97. The quantitative estimate of drug-likeness (QED) is 0.732. The molecule has 0 amide bonds. The fraction of sp³-hybridized carbons (Fsp3) is 0.273. The van der Waals surface area contributed by atoms with E-state index in [4.69, 9.17) is 16.3 Å². The largest absolute Gasteiger partial charge is 0.377 e. The Balaban J connectivity index is 2.07. The molecule has 0 spiro atoms. The monoisotopic (exact) mass is 252 g/mol. The molecule has 3 rings (SSSR count). The van der Waals surface area contributed by atoms with Gasteiger partial charge < -0.3 is 4.74 Å². The number of nitrogens with zero attached hydrogens (tertiary/aromatic N) is 2. The second kappa shape index (κ2) is 4.13. The number of hydrogen-bond donors (Lipinski definition) is 0. The molecule has 0 atom stereocenters. The third kappa shape index (κ3) is 1.84. The molecule has 0 aliphatic carbocycles. The Morgan fingerprint density at radius 1 is 1.44 bits per heavy atom. The Morgan fingerprint density at radius 3 is 3.19 bits per heavy atom. The van der Waals surface area contributed by atoms with Gasteiger partial charge in [0, 0.05) is 12.3 Å². The SMILES string of the molecule is Clc1cc2nc(C3=CCOCC3)sc2cn1. The van der Waals surface area contributed by atoms with Crippen LogP contribution in [-0.2, 0) is 4.74 Å². The van der Waals surface area contributed by atoms with Crippen LogP contribution in [0, 0.1) is 0 Å². The molecular weight excluding hydrogens is 244 g/mol. The fourth-order valence-corrected chi connectivity index (χ4v) is 2.80. The molecule has 0 aromatic carbocycles. The summed E-state index contributed by atoms with van der Waals surface area (Å²) in [6, 6.07) is 1.80. The van der Waals surface area contributed by atoms with Crippen molar-refractivity contribution >= 4 is 38.7 Å². The third-order valence-electron chi connectivity index (χ3n) is 2.48. The lowest BCUT2D eigenvalue weighted by Crippen LogP contribution is -2.03. The Morgan fingerprint density at radius 2 is 2.38 bits per heavy atom. The summed E-state index contributed by atoms with van der Waals surface area (Å²) in [5.41, 5.74) is 2.19. The Labute approximate surface area is 102 Å². The molecule has 3 nitrogen and oxygen atoms in total. The topological polar surface area (TPSA) is 35.0 Å². The van der Waals surface area contributed by atoms with Crippen LogP contribution >= 0.6 is 22.9 Å². The lowest BCUT2D eigenvalue weighted by molar-refractivity contribution is 0.161. The van der Waals surface area contributed by atoms with E-state index in [0.29, 0.717) is 11.8 Å². The van der Waals surface area contributed by atoms with Crippen LogP contribution < -0.4 is 0 Å². The smallest absolute Gasteiger partial charge is 0.131 e. The van der Waals surface area contributed by atoms with Gasteiger partial charge in [-0.1, -0.05) is 17.7 Å². The van der Waals surface area contributed by atoms with Crippen LogP contribution in [0.1, 0.15) is 11.4 Å². The van der Waals surface area contributed by atoms with Crippen molar-refractivity contribution in [2.45, 2.75) is 6.42 Å². The van der Waals surface area contributed by atoms with Crippen LogP contribution in [0.3, 0.4) is 0 Å². The summed E-state index contributed by atoms with van der Waals surface area (Å²) in [7, 11) is 0. The second-order valence-electron chi connectivity index (χ2n) is 3.55. The predicted molar refractivity (Wildman–Crippen MR) is 65.8 cm³/mol. The number of fused-ring (bicyclic) bond motifs is 1. The van der Waals surface area contributed by atoms with E-state index in [-0.39, 0.29) is 0 Å². The van der Waals surface area contributed by atoms with E-state index in [0.717, 1.165) is 28.3 Å². The lowest BCUT2D eigenvalue weighted by Gasteiger charge is -2.10. The molecule has 5 heteroatoms. The standard InChI is InChI=1S/C11H9ClN2OS/c12-10-5-8-9(6-13-10)16-11(14-8)7-1-3-15-4-2-7/h1,5-6H,2-4H2. The van der Waals surface area contributed by atoms with Crippen molar-refractivity contribution in [3.63, 3.8) is 0 Å². The van der Waals surface area contributed by atoms with E-state index in [1.54, 1.807) is 23.6 Å². The average Bonchev–Trinajstić information content (AvgIpc) is 2.73. The van der Waals surface area contributed by atoms with Gasteiger partial charge in [-0.05, 0) is 12.0 Å². The molecule has 0 fully saturated rings. The van der Waals surface area contributed by atoms with Crippen molar-refractivity contribution < 1.29 is 4.74 Å². The van der Waals surface area contributed by atoms with Gasteiger partial charge in [0.2, 0.25) is 0 Å². The van der Waals surface area contributed by atoms with Gasteiger partial charge in [0.15, 0.2) is 0 Å². The first-order valence-corrected chi connectivity index (χ1v) is 6.21. The maximum Gasteiger partial charge on any atom is 0.131 e. The van der Waals surface area contributed by atoms with Gasteiger partial charge in [-0.2, -0.15) is 0 Å². The molecular formula is C11H9ClN2OS. The molecule has 1 aliphatic rings. The third-order valence-corrected chi connectivity index (χ3v) is 3.77. The van der Waals surface area contributed by atoms with Crippen molar-refractivity contribution in [3.8, 4) is 0 Å². The number of thiazole rings is 1. The van der Waals surface area contributed by atoms with Gasteiger partial charge in [0.1, 0.15) is 10.2 Å². The van der Waals surface area contributed by atoms with Crippen LogP contribution in [0.15, 0.2) is 18.3 Å². The van der Waals surface area contributed by atoms with E-state index < -0.39 is 0 Å². The summed E-state index contributed by atoms with van der Waals surface area (Å²) in [4.78, 5) is 8.62. The van der Waals surface area contributed by atoms with E-state index >= 15 is 0 Å². The van der Waals surface area contributed by atoms with E-state index in [2.05, 4.69) is 16.0 Å². The van der Waals surface area contributed by atoms with Crippen LogP contribution in [0.5, 0.6) is 0 Å². The van der Waals surface area contributed by atoms with E-state index in [9.17, 15) is 0 Å². The normalized spacial score (nSPS) is 16.4. The predicted octanol–water partition coefficient (Wildman–Crippen LogP) is 3.15. The van der Waals surface area contributed by atoms with Crippen LogP contribution in [0.2, 0.25) is 5.15 Å². The fourth-order valence-electron chi connectivity index (χ4n) is 1.67. The summed E-state index contributed by atoms with van der Waals surface area (Å²) in [5, 5.41) is 1.55. The summed E-state index contributed by atoms with van der Waals surface area (Å²) < 4.78 is 6.36. The first-order valence-electron chi connectivity index (χ1n) is 5.02. The molecule has 82 valence electrons. The number of halogens is 1. The van der Waals surface area contributed by atoms with Crippen molar-refractivity contribution in [1.29, 1.82) is 0 Å². The maximum absolute atomic E-state index is 5.83. The highest BCUT2D eigenvalue weighted by atomic mass is 35.5. The molecule has 1 aliphatic heterocycles. The van der Waals surface area contributed by atoms with Crippen molar-refractivity contribution in [3.05, 3.63) is 28.5 Å². The minimum absolute atomic E-state index is 0.491. The number of pyridine rings is 1. The molecule has 3 heterocycles. The number of hydrogen-bond acceptors (Lipinski definition) is 4. The molecule has 0 radical (unpaired) electrons. The summed E-state index contributed by atoms with van der Waals surface area (Å²) in [6.45, 7) is 1.46. The van der Waals surface area contributed by atoms with Gasteiger partial charge in [-0.15, -0.1) is 11.3 Å². The van der Waals surface area contributed by atoms with E-state index in [1.165, 1.54) is 5.57 Å². The van der Waals surface area contributed by atoms with Gasteiger partial charge in [0.25, 0.3) is 0 Å².